The van der Waals surface area contributed by atoms with Crippen molar-refractivity contribution < 1.29 is 9.59 Å². The van der Waals surface area contributed by atoms with Crippen LogP contribution in [0.1, 0.15) is 36.0 Å². The maximum Gasteiger partial charge on any atom is 0.251 e. The Morgan fingerprint density at radius 3 is 2.22 bits per heavy atom. The highest BCUT2D eigenvalue weighted by atomic mass is 35.5. The van der Waals surface area contributed by atoms with E-state index in [9.17, 15) is 9.59 Å². The van der Waals surface area contributed by atoms with Gasteiger partial charge in [0.2, 0.25) is 0 Å². The van der Waals surface area contributed by atoms with Crippen molar-refractivity contribution in [3.05, 3.63) is 33.8 Å². The van der Waals surface area contributed by atoms with Gasteiger partial charge < -0.3 is 5.32 Å². The van der Waals surface area contributed by atoms with Crippen LogP contribution in [-0.4, -0.2) is 17.7 Å². The first-order chi connectivity index (χ1) is 8.54. The van der Waals surface area contributed by atoms with Gasteiger partial charge in [0.05, 0.1) is 0 Å². The second kappa shape index (κ2) is 5.72. The fourth-order valence-corrected chi connectivity index (χ4v) is 2.56. The predicted octanol–water partition coefficient (Wildman–Crippen LogP) is 3.23. The molecule has 1 amide bonds. The zero-order valence-electron chi connectivity index (χ0n) is 9.71. The third-order valence-corrected chi connectivity index (χ3v) is 3.44. The van der Waals surface area contributed by atoms with Crippen LogP contribution in [0.5, 0.6) is 0 Å². The van der Waals surface area contributed by atoms with Gasteiger partial charge >= 0.3 is 0 Å². The van der Waals surface area contributed by atoms with Gasteiger partial charge in [-0.3, -0.25) is 9.59 Å². The third kappa shape index (κ3) is 3.47. The van der Waals surface area contributed by atoms with E-state index in [1.54, 1.807) is 18.2 Å². The van der Waals surface area contributed by atoms with Gasteiger partial charge in [0, 0.05) is 34.5 Å². The topological polar surface area (TPSA) is 46.2 Å². The molecule has 18 heavy (non-hydrogen) atoms. The van der Waals surface area contributed by atoms with Crippen LogP contribution in [0.3, 0.4) is 0 Å². The van der Waals surface area contributed by atoms with E-state index in [0.717, 1.165) is 0 Å². The Labute approximate surface area is 115 Å². The van der Waals surface area contributed by atoms with Crippen molar-refractivity contribution in [3.8, 4) is 0 Å². The molecule has 0 saturated heterocycles. The summed E-state index contributed by atoms with van der Waals surface area (Å²) in [5, 5.41) is 3.77. The lowest BCUT2D eigenvalue weighted by atomic mass is 9.94. The van der Waals surface area contributed by atoms with Gasteiger partial charge in [0.1, 0.15) is 5.78 Å². The number of rotatable bonds is 2. The average molecular weight is 286 g/mol. The molecule has 1 aromatic carbocycles. The second-order valence-corrected chi connectivity index (χ2v) is 5.32. The van der Waals surface area contributed by atoms with Gasteiger partial charge in [0.25, 0.3) is 5.91 Å². The number of carbonyl (C=O) groups excluding carboxylic acids is 2. The highest BCUT2D eigenvalue weighted by molar-refractivity contribution is 6.35. The van der Waals surface area contributed by atoms with Crippen LogP contribution < -0.4 is 5.32 Å². The van der Waals surface area contributed by atoms with Crippen LogP contribution in [0.4, 0.5) is 0 Å². The normalized spacial score (nSPS) is 16.7. The fraction of sp³-hybridized carbons (Fsp3) is 0.385. The molecule has 1 fully saturated rings. The molecular formula is C13H13Cl2NO2. The van der Waals surface area contributed by atoms with E-state index >= 15 is 0 Å². The molecule has 1 aromatic rings. The SMILES string of the molecule is O=C1CCC(NC(=O)c2cc(Cl)cc(Cl)c2)CC1. The predicted molar refractivity (Wildman–Crippen MR) is 71.2 cm³/mol. The maximum atomic E-state index is 12.0. The second-order valence-electron chi connectivity index (χ2n) is 4.44. The number of Topliss-reactive ketones (excluding diaryl/α,β-unsaturated/α-hetero) is 1. The molecule has 0 aromatic heterocycles. The van der Waals surface area contributed by atoms with Crippen LogP contribution in [0, 0.1) is 0 Å². The van der Waals surface area contributed by atoms with Crippen molar-refractivity contribution in [3.63, 3.8) is 0 Å². The first kappa shape index (κ1) is 13.4. The molecule has 1 aliphatic rings. The molecule has 0 heterocycles. The van der Waals surface area contributed by atoms with Crippen LogP contribution in [0.15, 0.2) is 18.2 Å². The van der Waals surface area contributed by atoms with E-state index in [1.807, 2.05) is 0 Å². The molecule has 3 nitrogen and oxygen atoms in total. The van der Waals surface area contributed by atoms with Gasteiger partial charge in [0.15, 0.2) is 0 Å². The van der Waals surface area contributed by atoms with Crippen molar-refractivity contribution in [1.82, 2.24) is 5.32 Å². The summed E-state index contributed by atoms with van der Waals surface area (Å²) in [4.78, 5) is 23.1. The van der Waals surface area contributed by atoms with Crippen molar-refractivity contribution in [1.29, 1.82) is 0 Å². The number of hydrogen-bond donors (Lipinski definition) is 1. The Morgan fingerprint density at radius 2 is 1.67 bits per heavy atom. The van der Waals surface area contributed by atoms with Crippen LogP contribution in [0.25, 0.3) is 0 Å². The number of benzene rings is 1. The van der Waals surface area contributed by atoms with Crippen molar-refractivity contribution in [2.24, 2.45) is 0 Å². The Kier molecular flexibility index (Phi) is 4.25. The quantitative estimate of drug-likeness (QED) is 0.907. The summed E-state index contributed by atoms with van der Waals surface area (Å²) < 4.78 is 0. The summed E-state index contributed by atoms with van der Waals surface area (Å²) in [6.45, 7) is 0. The maximum absolute atomic E-state index is 12.0. The highest BCUT2D eigenvalue weighted by Gasteiger charge is 2.20. The average Bonchev–Trinajstić information content (AvgIpc) is 2.31. The Balaban J connectivity index is 2.01. The Hall–Kier alpha value is -1.06. The molecular weight excluding hydrogens is 273 g/mol. The first-order valence-electron chi connectivity index (χ1n) is 5.83. The molecule has 0 atom stereocenters. The summed E-state index contributed by atoms with van der Waals surface area (Å²) in [6, 6.07) is 4.81. The number of halogens is 2. The van der Waals surface area contributed by atoms with Gasteiger partial charge in [-0.1, -0.05) is 23.2 Å². The van der Waals surface area contributed by atoms with E-state index in [1.165, 1.54) is 0 Å². The third-order valence-electron chi connectivity index (χ3n) is 3.00. The van der Waals surface area contributed by atoms with E-state index in [0.29, 0.717) is 41.3 Å². The molecule has 0 bridgehead atoms. The summed E-state index contributed by atoms with van der Waals surface area (Å²) in [5.41, 5.74) is 0.449. The lowest BCUT2D eigenvalue weighted by molar-refractivity contribution is -0.120. The smallest absolute Gasteiger partial charge is 0.251 e. The number of hydrogen-bond acceptors (Lipinski definition) is 2. The first-order valence-corrected chi connectivity index (χ1v) is 6.59. The summed E-state index contributed by atoms with van der Waals surface area (Å²) in [6.07, 6.45) is 2.50. The zero-order valence-corrected chi connectivity index (χ0v) is 11.2. The zero-order chi connectivity index (χ0) is 13.1. The molecule has 2 rings (SSSR count). The fourth-order valence-electron chi connectivity index (χ4n) is 2.04. The van der Waals surface area contributed by atoms with Gasteiger partial charge in [-0.25, -0.2) is 0 Å². The van der Waals surface area contributed by atoms with Crippen molar-refractivity contribution in [2.45, 2.75) is 31.7 Å². The highest BCUT2D eigenvalue weighted by Crippen LogP contribution is 2.20. The summed E-state index contributed by atoms with van der Waals surface area (Å²) in [5.74, 6) is 0.0741. The van der Waals surface area contributed by atoms with Gasteiger partial charge in [-0.05, 0) is 31.0 Å². The Bertz CT molecular complexity index is 458. The minimum absolute atomic E-state index is 0.0629. The van der Waals surface area contributed by atoms with E-state index in [2.05, 4.69) is 5.32 Å². The monoisotopic (exact) mass is 285 g/mol. The number of nitrogens with one attached hydrogen (secondary N) is 1. The largest absolute Gasteiger partial charge is 0.349 e. The lowest BCUT2D eigenvalue weighted by Crippen LogP contribution is -2.37. The molecule has 0 spiro atoms. The molecule has 1 aliphatic carbocycles. The standard InChI is InChI=1S/C13H13Cl2NO2/c14-9-5-8(6-10(15)7-9)13(18)16-11-1-3-12(17)4-2-11/h5-7,11H,1-4H2,(H,16,18). The summed E-state index contributed by atoms with van der Waals surface area (Å²) >= 11 is 11.7. The number of carbonyl (C=O) groups is 2. The minimum atomic E-state index is -0.196. The lowest BCUT2D eigenvalue weighted by Gasteiger charge is -2.22. The number of amides is 1. The van der Waals surface area contributed by atoms with E-state index in [4.69, 9.17) is 23.2 Å². The van der Waals surface area contributed by atoms with Crippen LogP contribution >= 0.6 is 23.2 Å². The molecule has 0 aliphatic heterocycles. The van der Waals surface area contributed by atoms with E-state index < -0.39 is 0 Å². The minimum Gasteiger partial charge on any atom is -0.349 e. The van der Waals surface area contributed by atoms with E-state index in [-0.39, 0.29) is 17.7 Å². The molecule has 96 valence electrons. The van der Waals surface area contributed by atoms with Gasteiger partial charge in [-0.2, -0.15) is 0 Å². The molecule has 5 heteroatoms. The molecule has 1 N–H and O–H groups in total. The molecule has 1 saturated carbocycles. The Morgan fingerprint density at radius 1 is 1.11 bits per heavy atom. The van der Waals surface area contributed by atoms with Gasteiger partial charge in [-0.15, -0.1) is 0 Å². The van der Waals surface area contributed by atoms with Crippen LogP contribution in [-0.2, 0) is 4.79 Å². The van der Waals surface area contributed by atoms with Crippen molar-refractivity contribution >= 4 is 34.9 Å². The molecule has 0 unspecified atom stereocenters. The molecule has 0 radical (unpaired) electrons. The van der Waals surface area contributed by atoms with Crippen LogP contribution in [0.2, 0.25) is 10.0 Å². The van der Waals surface area contributed by atoms with Crippen molar-refractivity contribution in [2.75, 3.05) is 0 Å². The number of ketones is 1. The summed E-state index contributed by atoms with van der Waals surface area (Å²) in [7, 11) is 0.